The number of fused-ring (bicyclic) bond motifs is 1. The van der Waals surface area contributed by atoms with E-state index in [1.54, 1.807) is 11.3 Å². The second-order valence-electron chi connectivity index (χ2n) is 6.42. The molecule has 0 atom stereocenters. The quantitative estimate of drug-likeness (QED) is 0.846. The summed E-state index contributed by atoms with van der Waals surface area (Å²) in [6.45, 7) is 7.36. The molecule has 2 aliphatic heterocycles. The SMILES string of the molecule is Cc1ccc(C(=O)N2CCN(Cc3cccc4c3OCCO4)CC2)s1. The Morgan fingerprint density at radius 3 is 2.64 bits per heavy atom. The molecule has 1 fully saturated rings. The zero-order valence-corrected chi connectivity index (χ0v) is 15.2. The number of ether oxygens (including phenoxy) is 2. The van der Waals surface area contributed by atoms with Gasteiger partial charge in [-0.2, -0.15) is 0 Å². The number of amides is 1. The first-order valence-electron chi connectivity index (χ1n) is 8.66. The predicted octanol–water partition coefficient (Wildman–Crippen LogP) is 2.79. The van der Waals surface area contributed by atoms with E-state index in [0.29, 0.717) is 13.2 Å². The molecule has 0 bridgehead atoms. The van der Waals surface area contributed by atoms with Crippen molar-refractivity contribution in [3.63, 3.8) is 0 Å². The molecule has 3 heterocycles. The van der Waals surface area contributed by atoms with Gasteiger partial charge in [0.05, 0.1) is 4.88 Å². The Balaban J connectivity index is 1.37. The molecule has 0 saturated carbocycles. The van der Waals surface area contributed by atoms with Gasteiger partial charge in [0.2, 0.25) is 0 Å². The van der Waals surface area contributed by atoms with Crippen molar-refractivity contribution in [3.05, 3.63) is 45.6 Å². The second kappa shape index (κ2) is 7.06. The lowest BCUT2D eigenvalue weighted by Gasteiger charge is -2.35. The predicted molar refractivity (Wildman–Crippen MR) is 97.7 cm³/mol. The van der Waals surface area contributed by atoms with Crippen LogP contribution in [0.5, 0.6) is 11.5 Å². The molecule has 25 heavy (non-hydrogen) atoms. The lowest BCUT2D eigenvalue weighted by atomic mass is 10.1. The van der Waals surface area contributed by atoms with Crippen LogP contribution in [0.1, 0.15) is 20.1 Å². The maximum Gasteiger partial charge on any atom is 0.264 e. The molecule has 2 aromatic rings. The number of benzene rings is 1. The van der Waals surface area contributed by atoms with E-state index in [2.05, 4.69) is 11.0 Å². The average molecular weight is 358 g/mol. The number of carbonyl (C=O) groups is 1. The van der Waals surface area contributed by atoms with Gasteiger partial charge in [-0.1, -0.05) is 12.1 Å². The van der Waals surface area contributed by atoms with Crippen LogP contribution in [0.2, 0.25) is 0 Å². The zero-order valence-electron chi connectivity index (χ0n) is 14.4. The van der Waals surface area contributed by atoms with Gasteiger partial charge >= 0.3 is 0 Å². The number of carbonyl (C=O) groups excluding carboxylic acids is 1. The monoisotopic (exact) mass is 358 g/mol. The van der Waals surface area contributed by atoms with Gasteiger partial charge in [0, 0.05) is 43.2 Å². The zero-order chi connectivity index (χ0) is 17.2. The van der Waals surface area contributed by atoms with E-state index in [1.165, 1.54) is 4.88 Å². The highest BCUT2D eigenvalue weighted by molar-refractivity contribution is 7.13. The van der Waals surface area contributed by atoms with Crippen LogP contribution in [0.25, 0.3) is 0 Å². The van der Waals surface area contributed by atoms with Crippen LogP contribution in [0.4, 0.5) is 0 Å². The minimum atomic E-state index is 0.159. The fourth-order valence-corrected chi connectivity index (χ4v) is 4.15. The van der Waals surface area contributed by atoms with Crippen molar-refractivity contribution in [2.45, 2.75) is 13.5 Å². The number of rotatable bonds is 3. The van der Waals surface area contributed by atoms with Crippen molar-refractivity contribution in [2.75, 3.05) is 39.4 Å². The number of aryl methyl sites for hydroxylation is 1. The number of piperazine rings is 1. The van der Waals surface area contributed by atoms with Crippen molar-refractivity contribution in [1.29, 1.82) is 0 Å². The van der Waals surface area contributed by atoms with Gasteiger partial charge in [-0.15, -0.1) is 11.3 Å². The summed E-state index contributed by atoms with van der Waals surface area (Å²) in [5.41, 5.74) is 1.16. The molecule has 1 amide bonds. The van der Waals surface area contributed by atoms with Crippen LogP contribution in [0, 0.1) is 6.92 Å². The Labute approximate surface area is 151 Å². The van der Waals surface area contributed by atoms with E-state index in [-0.39, 0.29) is 5.91 Å². The first-order valence-corrected chi connectivity index (χ1v) is 9.48. The van der Waals surface area contributed by atoms with Crippen molar-refractivity contribution < 1.29 is 14.3 Å². The summed E-state index contributed by atoms with van der Waals surface area (Å²) in [6.07, 6.45) is 0. The first kappa shape index (κ1) is 16.4. The summed E-state index contributed by atoms with van der Waals surface area (Å²) < 4.78 is 11.5. The molecule has 2 aliphatic rings. The highest BCUT2D eigenvalue weighted by atomic mass is 32.1. The third-order valence-corrected chi connectivity index (χ3v) is 5.64. The molecule has 0 aliphatic carbocycles. The molecular formula is C19H22N2O3S. The van der Waals surface area contributed by atoms with Crippen molar-refractivity contribution in [1.82, 2.24) is 9.80 Å². The Morgan fingerprint density at radius 1 is 1.08 bits per heavy atom. The third kappa shape index (κ3) is 3.50. The molecule has 6 heteroatoms. The molecule has 132 valence electrons. The summed E-state index contributed by atoms with van der Waals surface area (Å²) in [7, 11) is 0. The largest absolute Gasteiger partial charge is 0.486 e. The van der Waals surface area contributed by atoms with Crippen LogP contribution >= 0.6 is 11.3 Å². The standard InChI is InChI=1S/C19H22N2O3S/c1-14-5-6-17(25-14)19(22)21-9-7-20(8-10-21)13-15-3-2-4-16-18(15)24-12-11-23-16/h2-6H,7-13H2,1H3. The van der Waals surface area contributed by atoms with E-state index in [4.69, 9.17) is 9.47 Å². The molecule has 1 aromatic heterocycles. The molecule has 0 spiro atoms. The van der Waals surface area contributed by atoms with E-state index >= 15 is 0 Å². The Kier molecular flexibility index (Phi) is 4.63. The Hall–Kier alpha value is -2.05. The van der Waals surface area contributed by atoms with E-state index in [9.17, 15) is 4.79 Å². The van der Waals surface area contributed by atoms with Gasteiger partial charge in [0.15, 0.2) is 11.5 Å². The van der Waals surface area contributed by atoms with E-state index in [0.717, 1.165) is 54.7 Å². The number of nitrogens with zero attached hydrogens (tertiary/aromatic N) is 2. The third-order valence-electron chi connectivity index (χ3n) is 4.65. The molecule has 0 N–H and O–H groups in total. The molecule has 0 unspecified atom stereocenters. The van der Waals surface area contributed by atoms with E-state index < -0.39 is 0 Å². The summed E-state index contributed by atoms with van der Waals surface area (Å²) in [4.78, 5) is 18.9. The molecule has 4 rings (SSSR count). The molecule has 1 saturated heterocycles. The minimum Gasteiger partial charge on any atom is -0.486 e. The van der Waals surface area contributed by atoms with Crippen LogP contribution in [-0.2, 0) is 6.54 Å². The number of para-hydroxylation sites is 1. The van der Waals surface area contributed by atoms with Gasteiger partial charge in [-0.05, 0) is 25.1 Å². The summed E-state index contributed by atoms with van der Waals surface area (Å²) in [5, 5.41) is 0. The Morgan fingerprint density at radius 2 is 1.88 bits per heavy atom. The second-order valence-corrected chi connectivity index (χ2v) is 7.71. The van der Waals surface area contributed by atoms with Gasteiger partial charge in [0.25, 0.3) is 5.91 Å². The number of thiophene rings is 1. The van der Waals surface area contributed by atoms with Crippen LogP contribution < -0.4 is 9.47 Å². The van der Waals surface area contributed by atoms with Crippen LogP contribution in [-0.4, -0.2) is 55.1 Å². The first-order chi connectivity index (χ1) is 12.2. The summed E-state index contributed by atoms with van der Waals surface area (Å²) in [6, 6.07) is 10.0. The van der Waals surface area contributed by atoms with E-state index in [1.807, 2.05) is 36.1 Å². The van der Waals surface area contributed by atoms with Crippen molar-refractivity contribution in [2.24, 2.45) is 0 Å². The summed E-state index contributed by atoms with van der Waals surface area (Å²) in [5.74, 6) is 1.87. The maximum absolute atomic E-state index is 12.6. The molecule has 0 radical (unpaired) electrons. The van der Waals surface area contributed by atoms with Gasteiger partial charge in [-0.3, -0.25) is 9.69 Å². The highest BCUT2D eigenvalue weighted by Gasteiger charge is 2.24. The minimum absolute atomic E-state index is 0.159. The van der Waals surface area contributed by atoms with Crippen molar-refractivity contribution >= 4 is 17.2 Å². The normalized spacial score (nSPS) is 17.6. The number of hydrogen-bond acceptors (Lipinski definition) is 5. The highest BCUT2D eigenvalue weighted by Crippen LogP contribution is 2.34. The molecular weight excluding hydrogens is 336 g/mol. The lowest BCUT2D eigenvalue weighted by molar-refractivity contribution is 0.0630. The number of hydrogen-bond donors (Lipinski definition) is 0. The smallest absolute Gasteiger partial charge is 0.264 e. The lowest BCUT2D eigenvalue weighted by Crippen LogP contribution is -2.48. The fraction of sp³-hybridized carbons (Fsp3) is 0.421. The van der Waals surface area contributed by atoms with Gasteiger partial charge in [0.1, 0.15) is 13.2 Å². The summed E-state index contributed by atoms with van der Waals surface area (Å²) >= 11 is 1.57. The maximum atomic E-state index is 12.6. The van der Waals surface area contributed by atoms with Gasteiger partial charge < -0.3 is 14.4 Å². The molecule has 5 nitrogen and oxygen atoms in total. The van der Waals surface area contributed by atoms with Crippen molar-refractivity contribution in [3.8, 4) is 11.5 Å². The van der Waals surface area contributed by atoms with Gasteiger partial charge in [-0.25, -0.2) is 0 Å². The topological polar surface area (TPSA) is 42.0 Å². The molecule has 1 aromatic carbocycles. The van der Waals surface area contributed by atoms with Crippen LogP contribution in [0.3, 0.4) is 0 Å². The van der Waals surface area contributed by atoms with Crippen LogP contribution in [0.15, 0.2) is 30.3 Å². The fourth-order valence-electron chi connectivity index (χ4n) is 3.31. The Bertz CT molecular complexity index is 766. The average Bonchev–Trinajstić information content (AvgIpc) is 3.08.